The van der Waals surface area contributed by atoms with E-state index in [0.717, 1.165) is 0 Å². The van der Waals surface area contributed by atoms with E-state index in [9.17, 15) is 9.18 Å². The van der Waals surface area contributed by atoms with Crippen molar-refractivity contribution >= 4 is 23.2 Å². The molecule has 0 bridgehead atoms. The van der Waals surface area contributed by atoms with Gasteiger partial charge in [-0.05, 0) is 56.3 Å². The average molecular weight is 338 g/mol. The molecule has 0 aliphatic rings. The van der Waals surface area contributed by atoms with Crippen LogP contribution in [0, 0.1) is 5.82 Å². The summed E-state index contributed by atoms with van der Waals surface area (Å²) in [5, 5.41) is 3.20. The number of anilines is 1. The van der Waals surface area contributed by atoms with Gasteiger partial charge in [0.25, 0.3) is 5.91 Å². The van der Waals surface area contributed by atoms with Crippen LogP contribution in [0.3, 0.4) is 0 Å². The Morgan fingerprint density at radius 1 is 1.17 bits per heavy atom. The van der Waals surface area contributed by atoms with E-state index >= 15 is 0 Å². The van der Waals surface area contributed by atoms with Gasteiger partial charge in [-0.25, -0.2) is 4.39 Å². The van der Waals surface area contributed by atoms with E-state index in [1.807, 2.05) is 0 Å². The predicted molar refractivity (Wildman–Crippen MR) is 87.7 cm³/mol. The van der Waals surface area contributed by atoms with Crippen molar-refractivity contribution in [3.8, 4) is 11.5 Å². The van der Waals surface area contributed by atoms with Gasteiger partial charge in [0.15, 0.2) is 5.60 Å². The van der Waals surface area contributed by atoms with Crippen LogP contribution in [0.1, 0.15) is 13.8 Å². The second-order valence-electron chi connectivity index (χ2n) is 5.37. The number of amides is 1. The van der Waals surface area contributed by atoms with Gasteiger partial charge >= 0.3 is 0 Å². The SMILES string of the molecule is COc1ccc(Cl)cc1NC(=O)C(C)(C)Oc1ccc(F)cc1. The smallest absolute Gasteiger partial charge is 0.268 e. The summed E-state index contributed by atoms with van der Waals surface area (Å²) < 4.78 is 23.8. The molecule has 0 aliphatic carbocycles. The first kappa shape index (κ1) is 17.1. The number of hydrogen-bond acceptors (Lipinski definition) is 3. The molecular formula is C17H17ClFNO3. The summed E-state index contributed by atoms with van der Waals surface area (Å²) in [6.45, 7) is 3.23. The molecule has 2 aromatic rings. The number of hydrogen-bond donors (Lipinski definition) is 1. The van der Waals surface area contributed by atoms with Gasteiger partial charge in [-0.3, -0.25) is 4.79 Å². The van der Waals surface area contributed by atoms with Crippen molar-refractivity contribution < 1.29 is 18.7 Å². The third kappa shape index (κ3) is 4.36. The summed E-state index contributed by atoms with van der Waals surface area (Å²) in [6.07, 6.45) is 0. The standard InChI is InChI=1S/C17H17ClFNO3/c1-17(2,23-13-7-5-12(19)6-8-13)16(21)20-14-10-11(18)4-9-15(14)22-3/h4-10H,1-3H3,(H,20,21). The zero-order valence-electron chi connectivity index (χ0n) is 13.0. The van der Waals surface area contributed by atoms with E-state index in [-0.39, 0.29) is 11.7 Å². The first-order valence-electron chi connectivity index (χ1n) is 6.91. The van der Waals surface area contributed by atoms with Gasteiger partial charge in [0.05, 0.1) is 12.8 Å². The van der Waals surface area contributed by atoms with E-state index in [2.05, 4.69) is 5.32 Å². The van der Waals surface area contributed by atoms with Gasteiger partial charge in [-0.2, -0.15) is 0 Å². The Kier molecular flexibility index (Phi) is 5.11. The van der Waals surface area contributed by atoms with Gasteiger partial charge in [-0.15, -0.1) is 0 Å². The molecule has 122 valence electrons. The average Bonchev–Trinajstić information content (AvgIpc) is 2.49. The number of benzene rings is 2. The molecule has 0 saturated carbocycles. The monoisotopic (exact) mass is 337 g/mol. The minimum Gasteiger partial charge on any atom is -0.495 e. The highest BCUT2D eigenvalue weighted by molar-refractivity contribution is 6.31. The van der Waals surface area contributed by atoms with Crippen molar-refractivity contribution in [3.63, 3.8) is 0 Å². The fourth-order valence-corrected chi connectivity index (χ4v) is 2.07. The Bertz CT molecular complexity index is 701. The second kappa shape index (κ2) is 6.87. The van der Waals surface area contributed by atoms with Crippen molar-refractivity contribution in [2.75, 3.05) is 12.4 Å². The van der Waals surface area contributed by atoms with Crippen LogP contribution in [0.15, 0.2) is 42.5 Å². The van der Waals surface area contributed by atoms with Gasteiger partial charge in [0.1, 0.15) is 17.3 Å². The molecule has 0 radical (unpaired) electrons. The minimum absolute atomic E-state index is 0.372. The molecule has 0 unspecified atom stereocenters. The van der Waals surface area contributed by atoms with Crippen LogP contribution in [0.4, 0.5) is 10.1 Å². The molecule has 23 heavy (non-hydrogen) atoms. The Labute approximate surface area is 139 Å². The lowest BCUT2D eigenvalue weighted by Crippen LogP contribution is -2.42. The Morgan fingerprint density at radius 2 is 1.83 bits per heavy atom. The van der Waals surface area contributed by atoms with Crippen LogP contribution >= 0.6 is 11.6 Å². The number of rotatable bonds is 5. The largest absolute Gasteiger partial charge is 0.495 e. The molecule has 6 heteroatoms. The number of nitrogens with one attached hydrogen (secondary N) is 1. The predicted octanol–water partition coefficient (Wildman–Crippen LogP) is 4.28. The normalized spacial score (nSPS) is 11.0. The summed E-state index contributed by atoms with van der Waals surface area (Å²) in [4.78, 5) is 12.5. The number of methoxy groups -OCH3 is 1. The first-order chi connectivity index (χ1) is 10.8. The Morgan fingerprint density at radius 3 is 2.43 bits per heavy atom. The van der Waals surface area contributed by atoms with E-state index in [0.29, 0.717) is 22.2 Å². The van der Waals surface area contributed by atoms with Crippen LogP contribution < -0.4 is 14.8 Å². The molecular weight excluding hydrogens is 321 g/mol. The van der Waals surface area contributed by atoms with Gasteiger partial charge < -0.3 is 14.8 Å². The highest BCUT2D eigenvalue weighted by Crippen LogP contribution is 2.29. The highest BCUT2D eigenvalue weighted by atomic mass is 35.5. The maximum atomic E-state index is 12.9. The minimum atomic E-state index is -1.18. The molecule has 2 aromatic carbocycles. The molecule has 0 aromatic heterocycles. The molecule has 2 rings (SSSR count). The van der Waals surface area contributed by atoms with Crippen LogP contribution in [-0.2, 0) is 4.79 Å². The molecule has 0 saturated heterocycles. The maximum absolute atomic E-state index is 12.9. The van der Waals surface area contributed by atoms with E-state index in [4.69, 9.17) is 21.1 Å². The van der Waals surface area contributed by atoms with Crippen molar-refractivity contribution in [2.45, 2.75) is 19.4 Å². The quantitative estimate of drug-likeness (QED) is 0.885. The van der Waals surface area contributed by atoms with Crippen molar-refractivity contribution in [1.82, 2.24) is 0 Å². The highest BCUT2D eigenvalue weighted by Gasteiger charge is 2.30. The fourth-order valence-electron chi connectivity index (χ4n) is 1.89. The lowest BCUT2D eigenvalue weighted by molar-refractivity contribution is -0.128. The summed E-state index contributed by atoms with van der Waals surface area (Å²) in [5.74, 6) is 0.121. The third-order valence-corrected chi connectivity index (χ3v) is 3.38. The molecule has 0 aliphatic heterocycles. The number of ether oxygens (including phenoxy) is 2. The number of halogens is 2. The molecule has 4 nitrogen and oxygen atoms in total. The van der Waals surface area contributed by atoms with Gasteiger partial charge in [0.2, 0.25) is 0 Å². The van der Waals surface area contributed by atoms with Crippen molar-refractivity contribution in [1.29, 1.82) is 0 Å². The molecule has 0 atom stereocenters. The number of carbonyl (C=O) groups is 1. The zero-order valence-corrected chi connectivity index (χ0v) is 13.8. The Balaban J connectivity index is 2.15. The summed E-state index contributed by atoms with van der Waals surface area (Å²) >= 11 is 5.94. The molecule has 1 N–H and O–H groups in total. The fraction of sp³-hybridized carbons (Fsp3) is 0.235. The van der Waals surface area contributed by atoms with E-state index in [1.165, 1.54) is 31.4 Å². The van der Waals surface area contributed by atoms with Gasteiger partial charge in [0, 0.05) is 5.02 Å². The summed E-state index contributed by atoms with van der Waals surface area (Å²) in [7, 11) is 1.50. The molecule has 1 amide bonds. The molecule has 0 fully saturated rings. The lowest BCUT2D eigenvalue weighted by Gasteiger charge is -2.25. The third-order valence-electron chi connectivity index (χ3n) is 3.14. The van der Waals surface area contributed by atoms with Crippen molar-refractivity contribution in [2.24, 2.45) is 0 Å². The van der Waals surface area contributed by atoms with Crippen LogP contribution in [0.25, 0.3) is 0 Å². The molecule has 0 spiro atoms. The number of carbonyl (C=O) groups excluding carboxylic acids is 1. The first-order valence-corrected chi connectivity index (χ1v) is 7.29. The van der Waals surface area contributed by atoms with Crippen LogP contribution in [0.2, 0.25) is 5.02 Å². The second-order valence-corrected chi connectivity index (χ2v) is 5.80. The topological polar surface area (TPSA) is 47.6 Å². The molecule has 0 heterocycles. The van der Waals surface area contributed by atoms with Crippen LogP contribution in [0.5, 0.6) is 11.5 Å². The maximum Gasteiger partial charge on any atom is 0.268 e. The van der Waals surface area contributed by atoms with E-state index < -0.39 is 5.60 Å². The van der Waals surface area contributed by atoms with E-state index in [1.54, 1.807) is 32.0 Å². The zero-order chi connectivity index (χ0) is 17.0. The summed E-state index contributed by atoms with van der Waals surface area (Å²) in [5.41, 5.74) is -0.730. The lowest BCUT2D eigenvalue weighted by atomic mass is 10.1. The van der Waals surface area contributed by atoms with Crippen LogP contribution in [-0.4, -0.2) is 18.6 Å². The van der Waals surface area contributed by atoms with Gasteiger partial charge in [-0.1, -0.05) is 11.6 Å². The van der Waals surface area contributed by atoms with Crippen molar-refractivity contribution in [3.05, 3.63) is 53.3 Å². The Hall–Kier alpha value is -2.27. The summed E-state index contributed by atoms with van der Waals surface area (Å²) in [6, 6.07) is 10.4.